The minimum Gasteiger partial charge on any atom is -0.480 e. The third-order valence-corrected chi connectivity index (χ3v) is 14.2. The zero-order valence-electron chi connectivity index (χ0n) is 33.2. The molecule has 0 saturated heterocycles. The van der Waals surface area contributed by atoms with Crippen molar-refractivity contribution in [2.24, 2.45) is 0 Å². The number of aryl methyl sites for hydroxylation is 3. The van der Waals surface area contributed by atoms with E-state index in [1.54, 1.807) is 12.1 Å². The summed E-state index contributed by atoms with van der Waals surface area (Å²) in [5.41, 5.74) is 4.42. The van der Waals surface area contributed by atoms with Crippen molar-refractivity contribution in [1.82, 2.24) is 0 Å². The van der Waals surface area contributed by atoms with Crippen LogP contribution in [0.15, 0.2) is 120 Å². The number of carbonyl (C=O) groups is 2. The summed E-state index contributed by atoms with van der Waals surface area (Å²) in [6.07, 6.45) is 9.55. The molecule has 0 aliphatic rings. The van der Waals surface area contributed by atoms with Gasteiger partial charge in [0.25, 0.3) is 0 Å². The van der Waals surface area contributed by atoms with Crippen molar-refractivity contribution < 1.29 is 36.6 Å². The predicted molar refractivity (Wildman–Crippen MR) is 226 cm³/mol. The molecular formula is C46H60O8S2. The van der Waals surface area contributed by atoms with Crippen LogP contribution >= 0.6 is 0 Å². The van der Waals surface area contributed by atoms with Crippen molar-refractivity contribution in [3.63, 3.8) is 0 Å². The van der Waals surface area contributed by atoms with E-state index < -0.39 is 42.1 Å². The van der Waals surface area contributed by atoms with Gasteiger partial charge in [-0.1, -0.05) is 162 Å². The van der Waals surface area contributed by atoms with E-state index >= 15 is 0 Å². The fraction of sp³-hybridized carbons (Fsp3) is 0.435. The molecule has 0 aliphatic carbocycles. The van der Waals surface area contributed by atoms with Crippen LogP contribution in [0.25, 0.3) is 0 Å². The number of rotatable bonds is 22. The first kappa shape index (κ1) is 46.1. The Hall–Kier alpha value is -4.28. The fourth-order valence-corrected chi connectivity index (χ4v) is 9.76. The van der Waals surface area contributed by atoms with Gasteiger partial charge in [-0.15, -0.1) is 0 Å². The lowest BCUT2D eigenvalue weighted by Gasteiger charge is -2.20. The lowest BCUT2D eigenvalue weighted by atomic mass is 9.87. The summed E-state index contributed by atoms with van der Waals surface area (Å²) < 4.78 is 50.7. The quantitative estimate of drug-likeness (QED) is 0.0748. The maximum Gasteiger partial charge on any atom is 0.322 e. The normalized spacial score (nSPS) is 12.9. The van der Waals surface area contributed by atoms with Crippen LogP contribution in [-0.2, 0) is 53.9 Å². The molecule has 10 heteroatoms. The topological polar surface area (TPSA) is 143 Å². The molecule has 0 bridgehead atoms. The molecule has 0 heterocycles. The van der Waals surface area contributed by atoms with Gasteiger partial charge >= 0.3 is 11.9 Å². The standard InChI is InChI=1S/C24H32O4S.C22H28O4S/c1-24(2,3)20-15-17-21(18-16-20)29(27,28)22(23(25)26)14-10-5-4-7-11-19-12-8-6-9-13-19;23-22(24)21(27(25,26)18-17-20-14-8-4-9-15-20)16-10-2-1-5-11-19-12-6-3-7-13-19/h6,8-9,12-13,15-18,22H,4-5,7,10-11,14H2,1-3H3,(H,25,26);3-4,6-9,12-15,21H,1-2,5,10-11,16-18H2,(H,23,24). The Morgan fingerprint density at radius 1 is 0.500 bits per heavy atom. The van der Waals surface area contributed by atoms with Gasteiger partial charge in [-0.3, -0.25) is 9.59 Å². The second kappa shape index (κ2) is 23.1. The molecule has 2 unspecified atom stereocenters. The summed E-state index contributed by atoms with van der Waals surface area (Å²) in [7, 11) is -7.55. The number of sulfone groups is 2. The van der Waals surface area contributed by atoms with E-state index in [9.17, 15) is 36.6 Å². The Balaban J connectivity index is 0.000000301. The molecule has 2 N–H and O–H groups in total. The molecule has 0 saturated carbocycles. The lowest BCUT2D eigenvalue weighted by molar-refractivity contribution is -0.137. The average Bonchev–Trinajstić information content (AvgIpc) is 3.17. The Morgan fingerprint density at radius 3 is 1.27 bits per heavy atom. The van der Waals surface area contributed by atoms with E-state index in [4.69, 9.17) is 0 Å². The maximum absolute atomic E-state index is 12.9. The van der Waals surface area contributed by atoms with Crippen LogP contribution in [0.4, 0.5) is 0 Å². The van der Waals surface area contributed by atoms with Gasteiger partial charge in [0, 0.05) is 0 Å². The molecule has 0 amide bonds. The van der Waals surface area contributed by atoms with Gasteiger partial charge in [0.2, 0.25) is 0 Å². The summed E-state index contributed by atoms with van der Waals surface area (Å²) in [5.74, 6) is -2.62. The first-order valence-corrected chi connectivity index (χ1v) is 23.0. The van der Waals surface area contributed by atoms with Crippen LogP contribution in [0.3, 0.4) is 0 Å². The molecule has 0 aromatic heterocycles. The minimum absolute atomic E-state index is 0.0852. The van der Waals surface area contributed by atoms with Crippen LogP contribution in [-0.4, -0.2) is 55.2 Å². The fourth-order valence-electron chi connectivity index (χ4n) is 6.54. The first-order valence-electron chi connectivity index (χ1n) is 19.7. The number of carboxylic acid groups (broad SMARTS) is 2. The molecule has 4 aromatic carbocycles. The third-order valence-electron chi connectivity index (χ3n) is 9.98. The van der Waals surface area contributed by atoms with Crippen LogP contribution in [0.1, 0.15) is 107 Å². The largest absolute Gasteiger partial charge is 0.480 e. The summed E-state index contributed by atoms with van der Waals surface area (Å²) >= 11 is 0. The van der Waals surface area contributed by atoms with Crippen molar-refractivity contribution in [1.29, 1.82) is 0 Å². The molecule has 2 atom stereocenters. The molecule has 0 spiro atoms. The van der Waals surface area contributed by atoms with Gasteiger partial charge < -0.3 is 10.2 Å². The van der Waals surface area contributed by atoms with Gasteiger partial charge in [0.05, 0.1) is 10.6 Å². The first-order chi connectivity index (χ1) is 26.6. The molecule has 0 aliphatic heterocycles. The zero-order chi connectivity index (χ0) is 41.0. The highest BCUT2D eigenvalue weighted by molar-refractivity contribution is 7.93. The Bertz CT molecular complexity index is 1960. The highest BCUT2D eigenvalue weighted by Crippen LogP contribution is 2.26. The van der Waals surface area contributed by atoms with E-state index in [2.05, 4.69) is 24.3 Å². The van der Waals surface area contributed by atoms with Crippen molar-refractivity contribution >= 4 is 31.6 Å². The minimum atomic E-state index is -3.90. The van der Waals surface area contributed by atoms with E-state index in [1.165, 1.54) is 23.3 Å². The number of aliphatic carboxylic acids is 2. The predicted octanol–water partition coefficient (Wildman–Crippen LogP) is 9.69. The zero-order valence-corrected chi connectivity index (χ0v) is 34.8. The molecule has 8 nitrogen and oxygen atoms in total. The van der Waals surface area contributed by atoms with Crippen molar-refractivity contribution in [2.75, 3.05) is 5.75 Å². The van der Waals surface area contributed by atoms with Crippen LogP contribution in [0.2, 0.25) is 0 Å². The van der Waals surface area contributed by atoms with Gasteiger partial charge in [-0.2, -0.15) is 0 Å². The smallest absolute Gasteiger partial charge is 0.322 e. The van der Waals surface area contributed by atoms with Crippen molar-refractivity contribution in [2.45, 2.75) is 125 Å². The van der Waals surface area contributed by atoms with E-state index in [0.717, 1.165) is 62.5 Å². The summed E-state index contributed by atoms with van der Waals surface area (Å²) in [6.45, 7) is 6.15. The molecule has 0 radical (unpaired) electrons. The molecule has 0 fully saturated rings. The van der Waals surface area contributed by atoms with Crippen molar-refractivity contribution in [3.8, 4) is 0 Å². The maximum atomic E-state index is 12.9. The third kappa shape index (κ3) is 16.1. The van der Waals surface area contributed by atoms with Gasteiger partial charge in [0.15, 0.2) is 30.2 Å². The highest BCUT2D eigenvalue weighted by Gasteiger charge is 2.34. The van der Waals surface area contributed by atoms with E-state index in [0.29, 0.717) is 19.3 Å². The summed E-state index contributed by atoms with van der Waals surface area (Å²) in [5, 5.41) is 16.2. The van der Waals surface area contributed by atoms with Gasteiger partial charge in [0.1, 0.15) is 0 Å². The Morgan fingerprint density at radius 2 is 0.875 bits per heavy atom. The molecule has 4 aromatic rings. The Labute approximate surface area is 335 Å². The van der Waals surface area contributed by atoms with E-state index in [1.807, 2.05) is 87.5 Å². The van der Waals surface area contributed by atoms with Gasteiger partial charge in [-0.05, 0) is 84.7 Å². The molecule has 4 rings (SSSR count). The number of carboxylic acids is 2. The lowest BCUT2D eigenvalue weighted by Crippen LogP contribution is -2.32. The SMILES string of the molecule is CC(C)(C)c1ccc(S(=O)(=O)C(CCCCCCc2ccccc2)C(=O)O)cc1.O=C(O)C(CCCCCCc1ccccc1)S(=O)(=O)CCc1ccccc1. The number of benzene rings is 4. The molecule has 304 valence electrons. The number of hydrogen-bond donors (Lipinski definition) is 2. The van der Waals surface area contributed by atoms with Crippen molar-refractivity contribution in [3.05, 3.63) is 138 Å². The number of unbranched alkanes of at least 4 members (excludes halogenated alkanes) is 6. The van der Waals surface area contributed by atoms with Gasteiger partial charge in [-0.25, -0.2) is 16.8 Å². The molecular weight excluding hydrogens is 745 g/mol. The van der Waals surface area contributed by atoms with Crippen LogP contribution in [0, 0.1) is 0 Å². The second-order valence-corrected chi connectivity index (χ2v) is 19.9. The van der Waals surface area contributed by atoms with Crippen LogP contribution in [0.5, 0.6) is 0 Å². The second-order valence-electron chi connectivity index (χ2n) is 15.5. The monoisotopic (exact) mass is 804 g/mol. The summed E-state index contributed by atoms with van der Waals surface area (Å²) in [6, 6.07) is 36.4. The average molecular weight is 805 g/mol. The van der Waals surface area contributed by atoms with E-state index in [-0.39, 0.29) is 28.9 Å². The summed E-state index contributed by atoms with van der Waals surface area (Å²) in [4.78, 5) is 23.2. The number of hydrogen-bond acceptors (Lipinski definition) is 6. The molecule has 56 heavy (non-hydrogen) atoms. The Kier molecular flexibility index (Phi) is 19.0. The van der Waals surface area contributed by atoms with Crippen LogP contribution < -0.4 is 0 Å². The highest BCUT2D eigenvalue weighted by atomic mass is 32.2.